The molecule has 0 spiro atoms. The summed E-state index contributed by atoms with van der Waals surface area (Å²) in [6.07, 6.45) is 4.77. The van der Waals surface area contributed by atoms with Gasteiger partial charge in [0, 0.05) is 41.1 Å². The van der Waals surface area contributed by atoms with Gasteiger partial charge >= 0.3 is 5.97 Å². The van der Waals surface area contributed by atoms with E-state index in [-0.39, 0.29) is 6.04 Å². The van der Waals surface area contributed by atoms with Gasteiger partial charge in [-0.2, -0.15) is 5.26 Å². The Morgan fingerprint density at radius 3 is 2.64 bits per heavy atom. The highest BCUT2D eigenvalue weighted by molar-refractivity contribution is 5.90. The molecule has 2 heterocycles. The van der Waals surface area contributed by atoms with E-state index in [9.17, 15) is 10.1 Å². The number of hydrogen-bond donors (Lipinski definition) is 0. The Hall–Kier alpha value is -3.20. The third-order valence-electron chi connectivity index (χ3n) is 3.93. The Kier molecular flexibility index (Phi) is 4.48. The topological polar surface area (TPSA) is 80.8 Å². The Balaban J connectivity index is 2.02. The molecule has 2 aromatic heterocycles. The first-order valence-corrected chi connectivity index (χ1v) is 8.09. The van der Waals surface area contributed by atoms with Gasteiger partial charge in [-0.15, -0.1) is 0 Å². The molecule has 0 N–H and O–H groups in total. The lowest BCUT2D eigenvalue weighted by Gasteiger charge is -2.09. The summed E-state index contributed by atoms with van der Waals surface area (Å²) < 4.78 is 7.00. The number of fused-ring (bicyclic) bond motifs is 1. The van der Waals surface area contributed by atoms with Crippen molar-refractivity contribution in [1.29, 1.82) is 5.26 Å². The molecule has 126 valence electrons. The maximum Gasteiger partial charge on any atom is 0.341 e. The van der Waals surface area contributed by atoms with Gasteiger partial charge in [0.05, 0.1) is 17.7 Å². The summed E-state index contributed by atoms with van der Waals surface area (Å²) in [4.78, 5) is 20.2. The molecule has 0 aliphatic heterocycles. The van der Waals surface area contributed by atoms with Crippen molar-refractivity contribution in [2.24, 2.45) is 0 Å². The quantitative estimate of drug-likeness (QED) is 0.679. The van der Waals surface area contributed by atoms with Crippen molar-refractivity contribution in [1.82, 2.24) is 14.5 Å². The lowest BCUT2D eigenvalue weighted by Crippen LogP contribution is -2.06. The van der Waals surface area contributed by atoms with E-state index in [1.807, 2.05) is 24.4 Å². The summed E-state index contributed by atoms with van der Waals surface area (Å²) in [5.74, 6) is 0.0569. The Morgan fingerprint density at radius 2 is 2.04 bits per heavy atom. The molecule has 0 saturated carbocycles. The predicted octanol–water partition coefficient (Wildman–Crippen LogP) is 3.73. The highest BCUT2D eigenvalue weighted by Crippen LogP contribution is 2.28. The Bertz CT molecular complexity index is 965. The molecule has 0 radical (unpaired) electrons. The lowest BCUT2D eigenvalue weighted by molar-refractivity contribution is 0.0525. The summed E-state index contributed by atoms with van der Waals surface area (Å²) >= 11 is 0. The zero-order valence-corrected chi connectivity index (χ0v) is 14.4. The van der Waals surface area contributed by atoms with E-state index >= 15 is 0 Å². The number of hydrogen-bond acceptors (Lipinski definition) is 5. The number of esters is 1. The highest BCUT2D eigenvalue weighted by atomic mass is 16.5. The third-order valence-corrected chi connectivity index (χ3v) is 3.93. The van der Waals surface area contributed by atoms with Crippen molar-refractivity contribution in [3.63, 3.8) is 0 Å². The fourth-order valence-electron chi connectivity index (χ4n) is 2.71. The molecule has 3 aromatic rings. The largest absolute Gasteiger partial charge is 0.462 e. The van der Waals surface area contributed by atoms with Crippen LogP contribution in [0, 0.1) is 11.3 Å². The smallest absolute Gasteiger partial charge is 0.341 e. The molecule has 6 nitrogen and oxygen atoms in total. The SMILES string of the molecule is CCOC(=O)c1cnc(-c2ccc3c(c2)c(C#N)cn3C(C)C)nc1. The van der Waals surface area contributed by atoms with Gasteiger partial charge in [0.25, 0.3) is 0 Å². The van der Waals surface area contributed by atoms with Crippen LogP contribution in [0.15, 0.2) is 36.8 Å². The maximum atomic E-state index is 11.7. The van der Waals surface area contributed by atoms with Crippen LogP contribution >= 0.6 is 0 Å². The highest BCUT2D eigenvalue weighted by Gasteiger charge is 2.13. The van der Waals surface area contributed by atoms with Gasteiger partial charge in [-0.25, -0.2) is 14.8 Å². The van der Waals surface area contributed by atoms with Gasteiger partial charge in [-0.1, -0.05) is 0 Å². The van der Waals surface area contributed by atoms with Gasteiger partial charge in [0.1, 0.15) is 6.07 Å². The van der Waals surface area contributed by atoms with Crippen LogP contribution in [0.2, 0.25) is 0 Å². The van der Waals surface area contributed by atoms with Gasteiger partial charge in [-0.3, -0.25) is 0 Å². The van der Waals surface area contributed by atoms with Crippen molar-refractivity contribution in [2.75, 3.05) is 6.61 Å². The first-order valence-electron chi connectivity index (χ1n) is 8.09. The molecule has 0 saturated heterocycles. The predicted molar refractivity (Wildman–Crippen MR) is 94.0 cm³/mol. The molecule has 0 unspecified atom stereocenters. The first-order chi connectivity index (χ1) is 12.0. The number of benzene rings is 1. The first kappa shape index (κ1) is 16.7. The van der Waals surface area contributed by atoms with E-state index < -0.39 is 5.97 Å². The van der Waals surface area contributed by atoms with Crippen LogP contribution in [0.1, 0.15) is 42.7 Å². The van der Waals surface area contributed by atoms with E-state index in [0.29, 0.717) is 23.6 Å². The molecule has 25 heavy (non-hydrogen) atoms. The van der Waals surface area contributed by atoms with E-state index in [0.717, 1.165) is 16.5 Å². The number of nitriles is 1. The molecule has 0 fully saturated rings. The van der Waals surface area contributed by atoms with Gasteiger partial charge in [0.15, 0.2) is 5.82 Å². The number of ether oxygens (including phenoxy) is 1. The molecule has 0 aliphatic carbocycles. The average Bonchev–Trinajstić information content (AvgIpc) is 3.00. The maximum absolute atomic E-state index is 11.7. The standard InChI is InChI=1S/C19H18N4O2/c1-4-25-19(24)15-9-21-18(22-10-15)13-5-6-17-16(7-13)14(8-20)11-23(17)12(2)3/h5-7,9-12H,4H2,1-3H3. The van der Waals surface area contributed by atoms with Gasteiger partial charge in [0.2, 0.25) is 0 Å². The minimum atomic E-state index is -0.440. The van der Waals surface area contributed by atoms with Crippen LogP contribution in [0.4, 0.5) is 0 Å². The Morgan fingerprint density at radius 1 is 1.32 bits per heavy atom. The molecule has 0 atom stereocenters. The molecule has 3 rings (SSSR count). The second-order valence-corrected chi connectivity index (χ2v) is 5.90. The van der Waals surface area contributed by atoms with Crippen LogP contribution in [0.3, 0.4) is 0 Å². The third kappa shape index (κ3) is 3.09. The number of carbonyl (C=O) groups is 1. The Labute approximate surface area is 145 Å². The lowest BCUT2D eigenvalue weighted by atomic mass is 10.1. The molecule has 0 aliphatic rings. The summed E-state index contributed by atoms with van der Waals surface area (Å²) in [5, 5.41) is 10.3. The van der Waals surface area contributed by atoms with Crippen molar-refractivity contribution >= 4 is 16.9 Å². The van der Waals surface area contributed by atoms with Crippen LogP contribution in [-0.4, -0.2) is 27.1 Å². The fraction of sp³-hybridized carbons (Fsp3) is 0.263. The van der Waals surface area contributed by atoms with E-state index in [2.05, 4.69) is 34.5 Å². The van der Waals surface area contributed by atoms with Crippen molar-refractivity contribution in [3.05, 3.63) is 47.9 Å². The molecular weight excluding hydrogens is 316 g/mol. The van der Waals surface area contributed by atoms with Crippen LogP contribution in [0.5, 0.6) is 0 Å². The van der Waals surface area contributed by atoms with Crippen molar-refractivity contribution in [3.8, 4) is 17.5 Å². The van der Waals surface area contributed by atoms with E-state index in [4.69, 9.17) is 4.74 Å². The minimum Gasteiger partial charge on any atom is -0.462 e. The van der Waals surface area contributed by atoms with Gasteiger partial charge in [-0.05, 0) is 39.0 Å². The summed E-state index contributed by atoms with van der Waals surface area (Å²) in [6.45, 7) is 6.21. The summed E-state index contributed by atoms with van der Waals surface area (Å²) in [5.41, 5.74) is 2.73. The molecule has 0 bridgehead atoms. The van der Waals surface area contributed by atoms with Crippen molar-refractivity contribution in [2.45, 2.75) is 26.8 Å². The van der Waals surface area contributed by atoms with Crippen molar-refractivity contribution < 1.29 is 9.53 Å². The monoisotopic (exact) mass is 334 g/mol. The number of aromatic nitrogens is 3. The van der Waals surface area contributed by atoms with Gasteiger partial charge < -0.3 is 9.30 Å². The molecule has 0 amide bonds. The average molecular weight is 334 g/mol. The zero-order valence-electron chi connectivity index (χ0n) is 14.4. The second-order valence-electron chi connectivity index (χ2n) is 5.90. The number of carbonyl (C=O) groups excluding carboxylic acids is 1. The minimum absolute atomic E-state index is 0.260. The molecule has 6 heteroatoms. The van der Waals surface area contributed by atoms with Crippen LogP contribution in [0.25, 0.3) is 22.3 Å². The van der Waals surface area contributed by atoms with E-state index in [1.165, 1.54) is 12.4 Å². The molecular formula is C19H18N4O2. The zero-order chi connectivity index (χ0) is 18.0. The summed E-state index contributed by atoms with van der Waals surface area (Å²) in [7, 11) is 0. The summed E-state index contributed by atoms with van der Waals surface area (Å²) in [6, 6.07) is 8.29. The number of nitrogens with zero attached hydrogens (tertiary/aromatic N) is 4. The fourth-order valence-corrected chi connectivity index (χ4v) is 2.71. The second kappa shape index (κ2) is 6.73. The van der Waals surface area contributed by atoms with Crippen LogP contribution < -0.4 is 0 Å². The van der Waals surface area contributed by atoms with E-state index in [1.54, 1.807) is 6.92 Å². The van der Waals surface area contributed by atoms with Crippen LogP contribution in [-0.2, 0) is 4.74 Å². The molecule has 1 aromatic carbocycles. The normalized spacial score (nSPS) is 10.8. The number of rotatable bonds is 4.